The summed E-state index contributed by atoms with van der Waals surface area (Å²) in [6.45, 7) is 0.480. The van der Waals surface area contributed by atoms with Gasteiger partial charge in [0.25, 0.3) is 5.91 Å². The normalized spacial score (nSPS) is 9.86. The Labute approximate surface area is 129 Å². The molecule has 0 saturated heterocycles. The molecule has 1 rings (SSSR count). The van der Waals surface area contributed by atoms with Gasteiger partial charge in [0, 0.05) is 18.7 Å². The van der Waals surface area contributed by atoms with Crippen molar-refractivity contribution in [1.29, 1.82) is 0 Å². The van der Waals surface area contributed by atoms with E-state index in [9.17, 15) is 4.79 Å². The SMILES string of the molecule is COc1cc(OC)c(C(=O)NCCCC(N)=S)cc1OC. The molecule has 1 aromatic rings. The molecule has 0 fully saturated rings. The van der Waals surface area contributed by atoms with E-state index in [0.29, 0.717) is 47.2 Å². The summed E-state index contributed by atoms with van der Waals surface area (Å²) in [6.07, 6.45) is 1.29. The van der Waals surface area contributed by atoms with Crippen LogP contribution >= 0.6 is 12.2 Å². The first-order valence-electron chi connectivity index (χ1n) is 6.40. The van der Waals surface area contributed by atoms with Gasteiger partial charge < -0.3 is 25.3 Å². The molecular weight excluding hydrogens is 292 g/mol. The van der Waals surface area contributed by atoms with Crippen LogP contribution in [0.5, 0.6) is 17.2 Å². The molecule has 0 aliphatic heterocycles. The predicted octanol–water partition coefficient (Wildman–Crippen LogP) is 1.51. The number of amides is 1. The Kier molecular flexibility index (Phi) is 6.74. The number of benzene rings is 1. The largest absolute Gasteiger partial charge is 0.496 e. The second kappa shape index (κ2) is 8.31. The maximum Gasteiger partial charge on any atom is 0.255 e. The molecule has 6 nitrogen and oxygen atoms in total. The molecule has 0 radical (unpaired) electrons. The molecule has 0 aliphatic carbocycles. The Morgan fingerprint density at radius 1 is 1.14 bits per heavy atom. The van der Waals surface area contributed by atoms with Gasteiger partial charge in [-0.1, -0.05) is 12.2 Å². The first-order chi connectivity index (χ1) is 10.0. The summed E-state index contributed by atoms with van der Waals surface area (Å²) in [7, 11) is 4.52. The highest BCUT2D eigenvalue weighted by Gasteiger charge is 2.17. The third-order valence-corrected chi connectivity index (χ3v) is 3.04. The van der Waals surface area contributed by atoms with Crippen molar-refractivity contribution < 1.29 is 19.0 Å². The highest BCUT2D eigenvalue weighted by molar-refractivity contribution is 7.80. The molecule has 0 atom stereocenters. The van der Waals surface area contributed by atoms with Gasteiger partial charge in [-0.15, -0.1) is 0 Å². The van der Waals surface area contributed by atoms with Gasteiger partial charge in [0.15, 0.2) is 11.5 Å². The first kappa shape index (κ1) is 17.0. The molecule has 0 spiro atoms. The second-order valence-electron chi connectivity index (χ2n) is 4.23. The lowest BCUT2D eigenvalue weighted by Crippen LogP contribution is -2.26. The number of rotatable bonds is 8. The van der Waals surface area contributed by atoms with Crippen LogP contribution in [0.3, 0.4) is 0 Å². The predicted molar refractivity (Wildman–Crippen MR) is 84.5 cm³/mol. The highest BCUT2D eigenvalue weighted by atomic mass is 32.1. The number of hydrogen-bond acceptors (Lipinski definition) is 5. The average molecular weight is 312 g/mol. The zero-order chi connectivity index (χ0) is 15.8. The standard InChI is InChI=1S/C14H20N2O4S/c1-18-10-8-12(20-3)11(19-2)7-9(10)14(17)16-6-4-5-13(15)21/h7-8H,4-6H2,1-3H3,(H2,15,21)(H,16,17). The second-order valence-corrected chi connectivity index (χ2v) is 4.76. The van der Waals surface area contributed by atoms with Gasteiger partial charge in [0.05, 0.1) is 31.9 Å². The van der Waals surface area contributed by atoms with E-state index in [2.05, 4.69) is 5.32 Å². The molecular formula is C14H20N2O4S. The minimum atomic E-state index is -0.254. The van der Waals surface area contributed by atoms with Gasteiger partial charge in [-0.3, -0.25) is 4.79 Å². The van der Waals surface area contributed by atoms with E-state index in [1.807, 2.05) is 0 Å². The smallest absolute Gasteiger partial charge is 0.255 e. The number of nitrogens with one attached hydrogen (secondary N) is 1. The summed E-state index contributed by atoms with van der Waals surface area (Å²) in [5.41, 5.74) is 5.78. The Balaban J connectivity index is 2.84. The monoisotopic (exact) mass is 312 g/mol. The lowest BCUT2D eigenvalue weighted by Gasteiger charge is -2.14. The lowest BCUT2D eigenvalue weighted by molar-refractivity contribution is 0.0950. The summed E-state index contributed by atoms with van der Waals surface area (Å²) < 4.78 is 15.6. The number of carbonyl (C=O) groups is 1. The first-order valence-corrected chi connectivity index (χ1v) is 6.80. The van der Waals surface area contributed by atoms with Crippen LogP contribution in [0, 0.1) is 0 Å². The molecule has 7 heteroatoms. The van der Waals surface area contributed by atoms with Crippen molar-refractivity contribution in [3.63, 3.8) is 0 Å². The van der Waals surface area contributed by atoms with Gasteiger partial charge in [-0.2, -0.15) is 0 Å². The summed E-state index contributed by atoms with van der Waals surface area (Å²) in [5.74, 6) is 1.13. The maximum absolute atomic E-state index is 12.2. The molecule has 1 amide bonds. The minimum absolute atomic E-state index is 0.254. The summed E-state index contributed by atoms with van der Waals surface area (Å²) in [4.78, 5) is 12.6. The van der Waals surface area contributed by atoms with E-state index in [0.717, 1.165) is 0 Å². The molecule has 116 valence electrons. The molecule has 0 saturated carbocycles. The Morgan fingerprint density at radius 3 is 2.24 bits per heavy atom. The van der Waals surface area contributed by atoms with Crippen molar-refractivity contribution in [1.82, 2.24) is 5.32 Å². The Hall–Kier alpha value is -2.02. The van der Waals surface area contributed by atoms with Crippen molar-refractivity contribution in [3.05, 3.63) is 17.7 Å². The number of methoxy groups -OCH3 is 3. The van der Waals surface area contributed by atoms with E-state index in [1.165, 1.54) is 21.3 Å². The minimum Gasteiger partial charge on any atom is -0.496 e. The van der Waals surface area contributed by atoms with E-state index >= 15 is 0 Å². The van der Waals surface area contributed by atoms with Gasteiger partial charge in [0.1, 0.15) is 5.75 Å². The lowest BCUT2D eigenvalue weighted by atomic mass is 10.1. The zero-order valence-electron chi connectivity index (χ0n) is 12.4. The van der Waals surface area contributed by atoms with Crippen molar-refractivity contribution in [3.8, 4) is 17.2 Å². The van der Waals surface area contributed by atoms with Gasteiger partial charge >= 0.3 is 0 Å². The van der Waals surface area contributed by atoms with Crippen LogP contribution in [-0.2, 0) is 0 Å². The summed E-state index contributed by atoms with van der Waals surface area (Å²) >= 11 is 4.78. The Bertz CT molecular complexity index is 520. The van der Waals surface area contributed by atoms with Crippen molar-refractivity contribution >= 4 is 23.1 Å². The number of thiocarbonyl (C=S) groups is 1. The molecule has 3 N–H and O–H groups in total. The van der Waals surface area contributed by atoms with E-state index in [1.54, 1.807) is 12.1 Å². The molecule has 0 bridgehead atoms. The molecule has 0 unspecified atom stereocenters. The Morgan fingerprint density at radius 2 is 1.71 bits per heavy atom. The van der Waals surface area contributed by atoms with Crippen LogP contribution in [-0.4, -0.2) is 38.8 Å². The average Bonchev–Trinajstić information content (AvgIpc) is 2.49. The molecule has 0 aromatic heterocycles. The number of hydrogen-bond donors (Lipinski definition) is 2. The number of ether oxygens (including phenoxy) is 3. The number of nitrogens with two attached hydrogens (primary N) is 1. The van der Waals surface area contributed by atoms with E-state index in [-0.39, 0.29) is 5.91 Å². The van der Waals surface area contributed by atoms with Crippen molar-refractivity contribution in [2.24, 2.45) is 5.73 Å². The van der Waals surface area contributed by atoms with Crippen LogP contribution in [0.1, 0.15) is 23.2 Å². The van der Waals surface area contributed by atoms with Gasteiger partial charge in [-0.25, -0.2) is 0 Å². The maximum atomic E-state index is 12.2. The quantitative estimate of drug-likeness (QED) is 0.559. The van der Waals surface area contributed by atoms with Crippen LogP contribution in [0.25, 0.3) is 0 Å². The highest BCUT2D eigenvalue weighted by Crippen LogP contribution is 2.34. The fourth-order valence-corrected chi connectivity index (χ4v) is 1.91. The van der Waals surface area contributed by atoms with Crippen LogP contribution < -0.4 is 25.3 Å². The molecule has 21 heavy (non-hydrogen) atoms. The third-order valence-electron chi connectivity index (χ3n) is 2.84. The molecule has 1 aromatic carbocycles. The van der Waals surface area contributed by atoms with Crippen molar-refractivity contribution in [2.45, 2.75) is 12.8 Å². The number of carbonyl (C=O) groups excluding carboxylic acids is 1. The van der Waals surface area contributed by atoms with Crippen molar-refractivity contribution in [2.75, 3.05) is 27.9 Å². The van der Waals surface area contributed by atoms with Crippen LogP contribution in [0.4, 0.5) is 0 Å². The van der Waals surface area contributed by atoms with Crippen LogP contribution in [0.2, 0.25) is 0 Å². The fourth-order valence-electron chi connectivity index (χ4n) is 1.77. The third kappa shape index (κ3) is 4.78. The summed E-state index contributed by atoms with van der Waals surface area (Å²) in [6, 6.07) is 3.20. The van der Waals surface area contributed by atoms with E-state index < -0.39 is 0 Å². The topological polar surface area (TPSA) is 82.8 Å². The summed E-state index contributed by atoms with van der Waals surface area (Å²) in [5, 5.41) is 2.79. The molecule has 0 aliphatic rings. The van der Waals surface area contributed by atoms with Crippen LogP contribution in [0.15, 0.2) is 12.1 Å². The zero-order valence-corrected chi connectivity index (χ0v) is 13.2. The van der Waals surface area contributed by atoms with E-state index in [4.69, 9.17) is 32.2 Å². The van der Waals surface area contributed by atoms with Gasteiger partial charge in [-0.05, 0) is 12.8 Å². The van der Waals surface area contributed by atoms with Gasteiger partial charge in [0.2, 0.25) is 0 Å². The molecule has 0 heterocycles. The fraction of sp³-hybridized carbons (Fsp3) is 0.429.